The summed E-state index contributed by atoms with van der Waals surface area (Å²) < 4.78 is 7.29. The van der Waals surface area contributed by atoms with Gasteiger partial charge in [0.2, 0.25) is 5.91 Å². The highest BCUT2D eigenvalue weighted by molar-refractivity contribution is 5.85. The molecule has 0 spiro atoms. The molecule has 24 heavy (non-hydrogen) atoms. The molecule has 2 fully saturated rings. The van der Waals surface area contributed by atoms with Crippen molar-refractivity contribution in [1.82, 2.24) is 20.0 Å². The zero-order valence-electron chi connectivity index (χ0n) is 14.4. The quantitative estimate of drug-likeness (QED) is 0.871. The molecule has 0 bridgehead atoms. The van der Waals surface area contributed by atoms with Gasteiger partial charge in [0.1, 0.15) is 5.54 Å². The van der Waals surface area contributed by atoms with Gasteiger partial charge in [-0.25, -0.2) is 0 Å². The van der Waals surface area contributed by atoms with Crippen molar-refractivity contribution < 1.29 is 9.53 Å². The van der Waals surface area contributed by atoms with Crippen LogP contribution in [0.2, 0.25) is 0 Å². The predicted octanol–water partition coefficient (Wildman–Crippen LogP) is 1.66. The van der Waals surface area contributed by atoms with E-state index in [0.29, 0.717) is 5.92 Å². The van der Waals surface area contributed by atoms with Crippen LogP contribution in [0.15, 0.2) is 18.5 Å². The standard InChI is InChI=1S/C17H28N4O2.ClH/c1-20(12-3-15-4-13-23-14-5-15)16(22)17(6-9-18-10-7-17)21-11-2-8-19-21;/h2,8,11,15,18H,3-7,9-10,12-14H2,1H3;1H. The molecule has 7 heteroatoms. The summed E-state index contributed by atoms with van der Waals surface area (Å²) in [5, 5.41) is 7.74. The fourth-order valence-corrected chi connectivity index (χ4v) is 3.77. The first-order chi connectivity index (χ1) is 11.2. The number of carbonyl (C=O) groups excluding carboxylic acids is 1. The van der Waals surface area contributed by atoms with Crippen LogP contribution in [0.25, 0.3) is 0 Å². The van der Waals surface area contributed by atoms with Gasteiger partial charge in [0, 0.05) is 39.2 Å². The molecular formula is C17H29ClN4O2. The Labute approximate surface area is 150 Å². The van der Waals surface area contributed by atoms with Crippen LogP contribution in [0, 0.1) is 5.92 Å². The van der Waals surface area contributed by atoms with Crippen LogP contribution in [0.3, 0.4) is 0 Å². The van der Waals surface area contributed by atoms with Gasteiger partial charge in [-0.3, -0.25) is 9.48 Å². The maximum atomic E-state index is 13.2. The van der Waals surface area contributed by atoms with Crippen molar-refractivity contribution in [1.29, 1.82) is 0 Å². The van der Waals surface area contributed by atoms with Crippen molar-refractivity contribution in [3.05, 3.63) is 18.5 Å². The summed E-state index contributed by atoms with van der Waals surface area (Å²) in [6, 6.07) is 1.90. The minimum Gasteiger partial charge on any atom is -0.381 e. The van der Waals surface area contributed by atoms with Crippen LogP contribution >= 0.6 is 12.4 Å². The largest absolute Gasteiger partial charge is 0.381 e. The Morgan fingerprint density at radius 1 is 1.38 bits per heavy atom. The van der Waals surface area contributed by atoms with E-state index in [9.17, 15) is 4.79 Å². The highest BCUT2D eigenvalue weighted by Crippen LogP contribution is 2.29. The second kappa shape index (κ2) is 8.83. The van der Waals surface area contributed by atoms with Crippen molar-refractivity contribution in [3.8, 4) is 0 Å². The van der Waals surface area contributed by atoms with Crippen LogP contribution in [0.5, 0.6) is 0 Å². The summed E-state index contributed by atoms with van der Waals surface area (Å²) >= 11 is 0. The Balaban J connectivity index is 0.00000208. The zero-order chi connectivity index (χ0) is 16.1. The average Bonchev–Trinajstić information content (AvgIpc) is 3.15. The molecule has 0 aromatic carbocycles. The number of hydrogen-bond acceptors (Lipinski definition) is 4. The van der Waals surface area contributed by atoms with Crippen LogP contribution < -0.4 is 5.32 Å². The monoisotopic (exact) mass is 356 g/mol. The second-order valence-electron chi connectivity index (χ2n) is 6.80. The Morgan fingerprint density at radius 3 is 2.71 bits per heavy atom. The van der Waals surface area contributed by atoms with E-state index in [-0.39, 0.29) is 18.3 Å². The minimum absolute atomic E-state index is 0. The summed E-state index contributed by atoms with van der Waals surface area (Å²) in [5.74, 6) is 0.891. The van der Waals surface area contributed by atoms with E-state index in [1.807, 2.05) is 28.9 Å². The smallest absolute Gasteiger partial charge is 0.250 e. The van der Waals surface area contributed by atoms with Crippen molar-refractivity contribution in [2.75, 3.05) is 39.9 Å². The molecule has 2 saturated heterocycles. The van der Waals surface area contributed by atoms with Gasteiger partial charge in [0.25, 0.3) is 0 Å². The van der Waals surface area contributed by atoms with E-state index >= 15 is 0 Å². The number of likely N-dealkylation sites (N-methyl/N-ethyl adjacent to an activating group) is 1. The maximum absolute atomic E-state index is 13.2. The van der Waals surface area contributed by atoms with Crippen LogP contribution in [-0.4, -0.2) is 60.5 Å². The molecule has 6 nitrogen and oxygen atoms in total. The van der Waals surface area contributed by atoms with Crippen LogP contribution in [0.1, 0.15) is 32.1 Å². The lowest BCUT2D eigenvalue weighted by atomic mass is 9.86. The number of carbonyl (C=O) groups is 1. The van der Waals surface area contributed by atoms with Crippen LogP contribution in [-0.2, 0) is 15.1 Å². The first kappa shape index (κ1) is 19.2. The summed E-state index contributed by atoms with van der Waals surface area (Å²) in [6.45, 7) is 4.27. The minimum atomic E-state index is -0.515. The number of ether oxygens (including phenoxy) is 1. The van der Waals surface area contributed by atoms with E-state index < -0.39 is 5.54 Å². The summed E-state index contributed by atoms with van der Waals surface area (Å²) in [5.41, 5.74) is -0.515. The SMILES string of the molecule is CN(CCC1CCOCC1)C(=O)C1(n2cccn2)CCNCC1.Cl. The topological polar surface area (TPSA) is 59.4 Å². The van der Waals surface area contributed by atoms with E-state index in [1.54, 1.807) is 6.20 Å². The van der Waals surface area contributed by atoms with Gasteiger partial charge in [0.05, 0.1) is 0 Å². The van der Waals surface area contributed by atoms with Crippen molar-refractivity contribution in [2.24, 2.45) is 5.92 Å². The normalized spacial score (nSPS) is 21.0. The molecule has 2 aliphatic rings. The predicted molar refractivity (Wildman–Crippen MR) is 95.3 cm³/mol. The Bertz CT molecular complexity index is 497. The number of halogens is 1. The Morgan fingerprint density at radius 2 is 2.08 bits per heavy atom. The number of hydrogen-bond donors (Lipinski definition) is 1. The molecule has 1 aromatic rings. The highest BCUT2D eigenvalue weighted by Gasteiger charge is 2.43. The van der Waals surface area contributed by atoms with Gasteiger partial charge < -0.3 is 15.0 Å². The van der Waals surface area contributed by atoms with Crippen LogP contribution in [0.4, 0.5) is 0 Å². The molecule has 3 heterocycles. The lowest BCUT2D eigenvalue weighted by molar-refractivity contribution is -0.142. The number of amides is 1. The number of nitrogens with one attached hydrogen (secondary N) is 1. The fraction of sp³-hybridized carbons (Fsp3) is 0.765. The number of aromatic nitrogens is 2. The van der Waals surface area contributed by atoms with Crippen molar-refractivity contribution >= 4 is 18.3 Å². The van der Waals surface area contributed by atoms with E-state index in [4.69, 9.17) is 4.74 Å². The first-order valence-corrected chi connectivity index (χ1v) is 8.76. The van der Waals surface area contributed by atoms with Crippen molar-refractivity contribution in [3.63, 3.8) is 0 Å². The molecule has 0 saturated carbocycles. The Kier molecular flexibility index (Phi) is 7.07. The molecule has 136 valence electrons. The third kappa shape index (κ3) is 4.10. The van der Waals surface area contributed by atoms with Gasteiger partial charge in [-0.15, -0.1) is 12.4 Å². The molecule has 3 rings (SSSR count). The molecule has 1 N–H and O–H groups in total. The van der Waals surface area contributed by atoms with Gasteiger partial charge in [-0.1, -0.05) is 0 Å². The van der Waals surface area contributed by atoms with Gasteiger partial charge in [0.15, 0.2) is 0 Å². The highest BCUT2D eigenvalue weighted by atomic mass is 35.5. The van der Waals surface area contributed by atoms with Gasteiger partial charge >= 0.3 is 0 Å². The number of nitrogens with zero attached hydrogens (tertiary/aromatic N) is 3. The van der Waals surface area contributed by atoms with E-state index in [2.05, 4.69) is 10.4 Å². The number of piperidine rings is 1. The average molecular weight is 357 g/mol. The zero-order valence-corrected chi connectivity index (χ0v) is 15.3. The van der Waals surface area contributed by atoms with E-state index in [1.165, 1.54) is 0 Å². The van der Waals surface area contributed by atoms with E-state index in [0.717, 1.165) is 65.0 Å². The summed E-state index contributed by atoms with van der Waals surface area (Å²) in [4.78, 5) is 15.1. The summed E-state index contributed by atoms with van der Waals surface area (Å²) in [7, 11) is 1.94. The maximum Gasteiger partial charge on any atom is 0.250 e. The Hall–Kier alpha value is -1.11. The van der Waals surface area contributed by atoms with Gasteiger partial charge in [-0.2, -0.15) is 5.10 Å². The molecule has 1 amide bonds. The molecule has 0 unspecified atom stereocenters. The molecule has 1 aromatic heterocycles. The molecule has 2 aliphatic heterocycles. The fourth-order valence-electron chi connectivity index (χ4n) is 3.77. The van der Waals surface area contributed by atoms with Gasteiger partial charge in [-0.05, 0) is 57.2 Å². The third-order valence-corrected chi connectivity index (χ3v) is 5.33. The number of rotatable bonds is 5. The second-order valence-corrected chi connectivity index (χ2v) is 6.80. The summed E-state index contributed by atoms with van der Waals surface area (Å²) in [6.07, 6.45) is 8.60. The molecular weight excluding hydrogens is 328 g/mol. The first-order valence-electron chi connectivity index (χ1n) is 8.76. The molecule has 0 aliphatic carbocycles. The third-order valence-electron chi connectivity index (χ3n) is 5.33. The molecule has 0 radical (unpaired) electrons. The lowest BCUT2D eigenvalue weighted by Crippen LogP contribution is -2.55. The van der Waals surface area contributed by atoms with Crippen molar-refractivity contribution in [2.45, 2.75) is 37.6 Å². The lowest BCUT2D eigenvalue weighted by Gasteiger charge is -2.39. The molecule has 0 atom stereocenters.